The van der Waals surface area contributed by atoms with Crippen molar-refractivity contribution in [3.8, 4) is 0 Å². The van der Waals surface area contributed by atoms with Crippen LogP contribution in [0.3, 0.4) is 0 Å². The topological polar surface area (TPSA) is 81.7 Å². The third kappa shape index (κ3) is 5.13. The minimum absolute atomic E-state index is 0.0788. The van der Waals surface area contributed by atoms with Gasteiger partial charge < -0.3 is 20.6 Å². The zero-order valence-electron chi connectivity index (χ0n) is 18.5. The summed E-state index contributed by atoms with van der Waals surface area (Å²) >= 11 is 0. The quantitative estimate of drug-likeness (QED) is 0.619. The summed E-state index contributed by atoms with van der Waals surface area (Å²) in [7, 11) is 0. The fourth-order valence-electron chi connectivity index (χ4n) is 4.55. The molecule has 6 nitrogen and oxygen atoms in total. The van der Waals surface area contributed by atoms with Crippen LogP contribution >= 0.6 is 0 Å². The average molecular weight is 434 g/mol. The van der Waals surface area contributed by atoms with Crippen LogP contribution in [0.25, 0.3) is 0 Å². The molecule has 0 unspecified atom stereocenters. The molecule has 4 rings (SSSR count). The maximum Gasteiger partial charge on any atom is 0.289 e. The van der Waals surface area contributed by atoms with Crippen molar-refractivity contribution in [2.24, 2.45) is 0 Å². The lowest BCUT2D eigenvalue weighted by Crippen LogP contribution is -2.39. The fourth-order valence-corrected chi connectivity index (χ4v) is 4.55. The maximum atomic E-state index is 12.8. The molecule has 2 aliphatic rings. The van der Waals surface area contributed by atoms with E-state index in [9.17, 15) is 14.7 Å². The second kappa shape index (κ2) is 9.90. The highest BCUT2D eigenvalue weighted by Crippen LogP contribution is 2.33. The highest BCUT2D eigenvalue weighted by molar-refractivity contribution is 6.07. The Kier molecular flexibility index (Phi) is 6.78. The third-order valence-electron chi connectivity index (χ3n) is 6.49. The largest absolute Gasteiger partial charge is 0.503 e. The van der Waals surface area contributed by atoms with Gasteiger partial charge in [-0.1, -0.05) is 48.0 Å². The van der Waals surface area contributed by atoms with Crippen molar-refractivity contribution >= 4 is 17.5 Å². The van der Waals surface area contributed by atoms with Gasteiger partial charge in [0, 0.05) is 24.8 Å². The third-order valence-corrected chi connectivity index (χ3v) is 6.49. The van der Waals surface area contributed by atoms with E-state index in [1.165, 1.54) is 16.0 Å². The average Bonchev–Trinajstić information content (AvgIpc) is 3.10. The number of aliphatic hydroxyl groups excluding tert-OH is 1. The Morgan fingerprint density at radius 3 is 2.41 bits per heavy atom. The summed E-state index contributed by atoms with van der Waals surface area (Å²) in [6.45, 7) is 3.13. The second-order valence-electron chi connectivity index (χ2n) is 8.78. The summed E-state index contributed by atoms with van der Waals surface area (Å²) in [6.07, 6.45) is 3.85. The first-order chi connectivity index (χ1) is 15.5. The van der Waals surface area contributed by atoms with Crippen LogP contribution in [0.5, 0.6) is 0 Å². The Hall–Kier alpha value is -3.28. The summed E-state index contributed by atoms with van der Waals surface area (Å²) in [5.74, 6) is -0.695. The number of aliphatic hydroxyl groups is 1. The van der Waals surface area contributed by atoms with Gasteiger partial charge in [0.15, 0.2) is 5.76 Å². The molecule has 1 saturated carbocycles. The lowest BCUT2D eigenvalue weighted by Gasteiger charge is -2.29. The number of amides is 2. The SMILES string of the molecule is Cc1ccc(NCCN2CC(C(=O)NC3CCC(c4ccccc4)CC3)=C(O)C2=O)cc1. The number of rotatable bonds is 7. The van der Waals surface area contributed by atoms with Crippen LogP contribution < -0.4 is 10.6 Å². The number of nitrogens with one attached hydrogen (secondary N) is 2. The van der Waals surface area contributed by atoms with E-state index < -0.39 is 11.7 Å². The van der Waals surface area contributed by atoms with Gasteiger partial charge in [-0.15, -0.1) is 0 Å². The Morgan fingerprint density at radius 1 is 1.03 bits per heavy atom. The molecule has 2 aromatic rings. The van der Waals surface area contributed by atoms with E-state index in [0.29, 0.717) is 19.0 Å². The number of carbonyl (C=O) groups is 2. The van der Waals surface area contributed by atoms with Crippen molar-refractivity contribution in [3.63, 3.8) is 0 Å². The number of hydrogen-bond donors (Lipinski definition) is 3. The van der Waals surface area contributed by atoms with Gasteiger partial charge in [0.1, 0.15) is 0 Å². The predicted octanol–water partition coefficient (Wildman–Crippen LogP) is 3.90. The van der Waals surface area contributed by atoms with E-state index in [2.05, 4.69) is 34.9 Å². The summed E-state index contributed by atoms with van der Waals surface area (Å²) in [6, 6.07) is 18.6. The smallest absolute Gasteiger partial charge is 0.289 e. The van der Waals surface area contributed by atoms with Crippen LogP contribution in [-0.4, -0.2) is 47.5 Å². The van der Waals surface area contributed by atoms with Crippen molar-refractivity contribution in [2.45, 2.75) is 44.6 Å². The summed E-state index contributed by atoms with van der Waals surface area (Å²) < 4.78 is 0. The Bertz CT molecular complexity index is 977. The molecule has 0 spiro atoms. The summed E-state index contributed by atoms with van der Waals surface area (Å²) in [5, 5.41) is 16.6. The van der Waals surface area contributed by atoms with Gasteiger partial charge >= 0.3 is 0 Å². The molecule has 3 N–H and O–H groups in total. The van der Waals surface area contributed by atoms with Crippen LogP contribution in [0.2, 0.25) is 0 Å². The number of benzene rings is 2. The van der Waals surface area contributed by atoms with E-state index in [-0.39, 0.29) is 24.1 Å². The minimum atomic E-state index is -0.478. The predicted molar refractivity (Wildman–Crippen MR) is 125 cm³/mol. The molecule has 1 aliphatic carbocycles. The zero-order chi connectivity index (χ0) is 22.5. The van der Waals surface area contributed by atoms with Crippen LogP contribution in [0, 0.1) is 6.92 Å². The van der Waals surface area contributed by atoms with E-state index in [4.69, 9.17) is 0 Å². The molecule has 0 aromatic heterocycles. The van der Waals surface area contributed by atoms with Crippen molar-refractivity contribution < 1.29 is 14.7 Å². The molecule has 1 fully saturated rings. The van der Waals surface area contributed by atoms with Crippen molar-refractivity contribution in [1.82, 2.24) is 10.2 Å². The number of carbonyl (C=O) groups excluding carboxylic acids is 2. The van der Waals surface area contributed by atoms with Crippen LogP contribution in [-0.2, 0) is 9.59 Å². The van der Waals surface area contributed by atoms with Gasteiger partial charge in [0.05, 0.1) is 12.1 Å². The van der Waals surface area contributed by atoms with Crippen LogP contribution in [0.1, 0.15) is 42.7 Å². The van der Waals surface area contributed by atoms with Crippen molar-refractivity contribution in [3.05, 3.63) is 77.1 Å². The lowest BCUT2D eigenvalue weighted by atomic mass is 9.82. The van der Waals surface area contributed by atoms with E-state index in [1.54, 1.807) is 0 Å². The van der Waals surface area contributed by atoms with Crippen LogP contribution in [0.15, 0.2) is 65.9 Å². The van der Waals surface area contributed by atoms with Gasteiger partial charge in [0.2, 0.25) is 0 Å². The van der Waals surface area contributed by atoms with Crippen molar-refractivity contribution in [2.75, 3.05) is 25.0 Å². The minimum Gasteiger partial charge on any atom is -0.503 e. The van der Waals surface area contributed by atoms with E-state index >= 15 is 0 Å². The number of nitrogens with zero attached hydrogens (tertiary/aromatic N) is 1. The van der Waals surface area contributed by atoms with Gasteiger partial charge in [-0.05, 0) is 56.2 Å². The summed E-state index contributed by atoms with van der Waals surface area (Å²) in [4.78, 5) is 26.7. The Labute approximate surface area is 189 Å². The normalized spacial score (nSPS) is 21.0. The molecule has 0 saturated heterocycles. The molecule has 2 amide bonds. The molecule has 0 atom stereocenters. The lowest BCUT2D eigenvalue weighted by molar-refractivity contribution is -0.127. The molecular weight excluding hydrogens is 402 g/mol. The monoisotopic (exact) mass is 433 g/mol. The maximum absolute atomic E-state index is 12.8. The second-order valence-corrected chi connectivity index (χ2v) is 8.78. The molecule has 0 radical (unpaired) electrons. The highest BCUT2D eigenvalue weighted by atomic mass is 16.3. The van der Waals surface area contributed by atoms with Crippen LogP contribution in [0.4, 0.5) is 5.69 Å². The molecule has 168 valence electrons. The molecule has 6 heteroatoms. The molecule has 2 aromatic carbocycles. The van der Waals surface area contributed by atoms with Gasteiger partial charge in [-0.25, -0.2) is 0 Å². The molecule has 32 heavy (non-hydrogen) atoms. The molecule has 0 bridgehead atoms. The van der Waals surface area contributed by atoms with E-state index in [0.717, 1.165) is 31.4 Å². The zero-order valence-corrected chi connectivity index (χ0v) is 18.5. The number of hydrogen-bond acceptors (Lipinski definition) is 4. The van der Waals surface area contributed by atoms with Gasteiger partial charge in [0.25, 0.3) is 11.8 Å². The standard InChI is InChI=1S/C26H31N3O3/c1-18-7-11-21(12-8-18)27-15-16-29-17-23(24(30)26(29)32)25(31)28-22-13-9-20(10-14-22)19-5-3-2-4-6-19/h2-8,11-12,20,22,27,30H,9-10,13-17H2,1H3,(H,28,31). The Morgan fingerprint density at radius 2 is 1.72 bits per heavy atom. The molecular formula is C26H31N3O3. The first kappa shape index (κ1) is 21.9. The van der Waals surface area contributed by atoms with Gasteiger partial charge in [-0.3, -0.25) is 9.59 Å². The number of anilines is 1. The highest BCUT2D eigenvalue weighted by Gasteiger charge is 2.34. The van der Waals surface area contributed by atoms with E-state index in [1.807, 2.05) is 37.3 Å². The van der Waals surface area contributed by atoms with Gasteiger partial charge in [-0.2, -0.15) is 0 Å². The van der Waals surface area contributed by atoms with Crippen molar-refractivity contribution in [1.29, 1.82) is 0 Å². The fraction of sp³-hybridized carbons (Fsp3) is 0.385. The Balaban J connectivity index is 1.25. The molecule has 1 aliphatic heterocycles. The first-order valence-electron chi connectivity index (χ1n) is 11.4. The summed E-state index contributed by atoms with van der Waals surface area (Å²) in [5.41, 5.74) is 3.69. The number of aryl methyl sites for hydroxylation is 1. The first-order valence-corrected chi connectivity index (χ1v) is 11.4. The molecule has 1 heterocycles.